The van der Waals surface area contributed by atoms with Crippen molar-refractivity contribution < 1.29 is 9.53 Å². The second kappa shape index (κ2) is 6.19. The quantitative estimate of drug-likeness (QED) is 0.926. The Kier molecular flexibility index (Phi) is 4.35. The van der Waals surface area contributed by atoms with Crippen LogP contribution in [0.15, 0.2) is 42.5 Å². The van der Waals surface area contributed by atoms with E-state index in [0.717, 1.165) is 5.69 Å². The van der Waals surface area contributed by atoms with Crippen molar-refractivity contribution in [1.29, 1.82) is 0 Å². The Hall–Kier alpha value is -2.36. The van der Waals surface area contributed by atoms with E-state index in [1.165, 1.54) is 0 Å². The maximum absolute atomic E-state index is 12.2. The number of carbonyl (C=O) groups is 1. The molecule has 0 radical (unpaired) electrons. The number of carbonyl (C=O) groups excluding carboxylic acids is 1. The zero-order chi connectivity index (χ0) is 14.5. The molecule has 4 heteroatoms. The first-order chi connectivity index (χ1) is 9.56. The Bertz CT molecular complexity index is 609. The van der Waals surface area contributed by atoms with Crippen LogP contribution in [-0.2, 0) is 0 Å². The van der Waals surface area contributed by atoms with Crippen LogP contribution in [0.1, 0.15) is 30.0 Å². The van der Waals surface area contributed by atoms with Crippen LogP contribution in [0.4, 0.5) is 5.69 Å². The van der Waals surface area contributed by atoms with Crippen LogP contribution >= 0.6 is 0 Å². The van der Waals surface area contributed by atoms with Crippen molar-refractivity contribution in [2.24, 2.45) is 0 Å². The Labute approximate surface area is 118 Å². The van der Waals surface area contributed by atoms with Crippen LogP contribution in [0.25, 0.3) is 0 Å². The molecule has 104 valence electrons. The molecule has 0 aliphatic carbocycles. The van der Waals surface area contributed by atoms with E-state index >= 15 is 0 Å². The number of hydrogen-bond acceptors (Lipinski definition) is 3. The third-order valence-corrected chi connectivity index (χ3v) is 2.62. The Balaban J connectivity index is 2.19. The monoisotopic (exact) mass is 270 g/mol. The van der Waals surface area contributed by atoms with E-state index < -0.39 is 0 Å². The van der Waals surface area contributed by atoms with Gasteiger partial charge in [-0.2, -0.15) is 0 Å². The minimum absolute atomic E-state index is 0.0464. The molecule has 4 nitrogen and oxygen atoms in total. The highest BCUT2D eigenvalue weighted by Crippen LogP contribution is 2.25. The number of pyridine rings is 1. The van der Waals surface area contributed by atoms with Gasteiger partial charge in [0.1, 0.15) is 11.4 Å². The summed E-state index contributed by atoms with van der Waals surface area (Å²) in [5, 5.41) is 2.83. The number of nitrogens with one attached hydrogen (secondary N) is 1. The summed E-state index contributed by atoms with van der Waals surface area (Å²) < 4.78 is 5.67. The van der Waals surface area contributed by atoms with Crippen LogP contribution in [0.2, 0.25) is 0 Å². The number of ether oxygens (including phenoxy) is 1. The smallest absolute Gasteiger partial charge is 0.274 e. The molecule has 1 amide bonds. The molecule has 0 aliphatic heterocycles. The lowest BCUT2D eigenvalue weighted by molar-refractivity contribution is 0.102. The lowest BCUT2D eigenvalue weighted by Gasteiger charge is -2.14. The minimum atomic E-state index is -0.242. The molecule has 20 heavy (non-hydrogen) atoms. The molecule has 0 unspecified atom stereocenters. The molecule has 1 aromatic heterocycles. The molecular weight excluding hydrogens is 252 g/mol. The van der Waals surface area contributed by atoms with Crippen LogP contribution in [0.5, 0.6) is 5.75 Å². The second-order valence-electron chi connectivity index (χ2n) is 4.78. The number of amides is 1. The van der Waals surface area contributed by atoms with E-state index in [4.69, 9.17) is 4.74 Å². The third-order valence-electron chi connectivity index (χ3n) is 2.62. The van der Waals surface area contributed by atoms with Gasteiger partial charge in [-0.05, 0) is 45.0 Å². The molecular formula is C16H18N2O2. The van der Waals surface area contributed by atoms with Gasteiger partial charge in [0.2, 0.25) is 0 Å². The number of anilines is 1. The lowest BCUT2D eigenvalue weighted by atomic mass is 10.2. The molecule has 0 bridgehead atoms. The first kappa shape index (κ1) is 14.1. The van der Waals surface area contributed by atoms with Gasteiger partial charge in [0.05, 0.1) is 11.8 Å². The van der Waals surface area contributed by atoms with Gasteiger partial charge in [0.15, 0.2) is 0 Å². The van der Waals surface area contributed by atoms with E-state index in [1.54, 1.807) is 6.07 Å². The molecule has 1 aromatic carbocycles. The molecule has 0 atom stereocenters. The second-order valence-corrected chi connectivity index (χ2v) is 4.78. The predicted molar refractivity (Wildman–Crippen MR) is 79.1 cm³/mol. The Morgan fingerprint density at radius 2 is 1.90 bits per heavy atom. The SMILES string of the molecule is Cc1cccc(C(=O)Nc2ccccc2OC(C)C)n1. The van der Waals surface area contributed by atoms with E-state index in [0.29, 0.717) is 17.1 Å². The van der Waals surface area contributed by atoms with Gasteiger partial charge in [0.25, 0.3) is 5.91 Å². The van der Waals surface area contributed by atoms with E-state index in [-0.39, 0.29) is 12.0 Å². The highest BCUT2D eigenvalue weighted by Gasteiger charge is 2.11. The fraction of sp³-hybridized carbons (Fsp3) is 0.250. The van der Waals surface area contributed by atoms with Crippen LogP contribution in [0, 0.1) is 6.92 Å². The zero-order valence-electron chi connectivity index (χ0n) is 11.9. The molecule has 0 saturated heterocycles. The summed E-state index contributed by atoms with van der Waals surface area (Å²) >= 11 is 0. The summed E-state index contributed by atoms with van der Waals surface area (Å²) in [6, 6.07) is 12.7. The Morgan fingerprint density at radius 3 is 2.60 bits per heavy atom. The molecule has 0 saturated carbocycles. The lowest BCUT2D eigenvalue weighted by Crippen LogP contribution is -2.15. The standard InChI is InChI=1S/C16H18N2O2/c1-11(2)20-15-10-5-4-8-13(15)18-16(19)14-9-6-7-12(3)17-14/h4-11H,1-3H3,(H,18,19). The molecule has 2 aromatic rings. The summed E-state index contributed by atoms with van der Waals surface area (Å²) in [7, 11) is 0. The fourth-order valence-corrected chi connectivity index (χ4v) is 1.78. The van der Waals surface area contributed by atoms with E-state index in [9.17, 15) is 4.79 Å². The molecule has 1 heterocycles. The normalized spacial score (nSPS) is 10.4. The average molecular weight is 270 g/mol. The summed E-state index contributed by atoms with van der Waals surface area (Å²) in [6.45, 7) is 5.74. The summed E-state index contributed by atoms with van der Waals surface area (Å²) in [5.74, 6) is 0.414. The predicted octanol–water partition coefficient (Wildman–Crippen LogP) is 3.43. The number of hydrogen-bond donors (Lipinski definition) is 1. The van der Waals surface area contributed by atoms with Crippen molar-refractivity contribution in [2.45, 2.75) is 26.9 Å². The van der Waals surface area contributed by atoms with Crippen molar-refractivity contribution in [1.82, 2.24) is 4.98 Å². The molecule has 1 N–H and O–H groups in total. The van der Waals surface area contributed by atoms with Crippen molar-refractivity contribution in [3.05, 3.63) is 53.9 Å². The van der Waals surface area contributed by atoms with Crippen molar-refractivity contribution in [2.75, 3.05) is 5.32 Å². The summed E-state index contributed by atoms with van der Waals surface area (Å²) in [4.78, 5) is 16.4. The zero-order valence-corrected chi connectivity index (χ0v) is 11.9. The van der Waals surface area contributed by atoms with Crippen molar-refractivity contribution in [3.63, 3.8) is 0 Å². The van der Waals surface area contributed by atoms with E-state index in [1.807, 2.05) is 57.2 Å². The van der Waals surface area contributed by atoms with Crippen LogP contribution in [0.3, 0.4) is 0 Å². The van der Waals surface area contributed by atoms with Gasteiger partial charge in [0, 0.05) is 5.69 Å². The highest BCUT2D eigenvalue weighted by molar-refractivity contribution is 6.03. The maximum Gasteiger partial charge on any atom is 0.274 e. The van der Waals surface area contributed by atoms with Crippen molar-refractivity contribution >= 4 is 11.6 Å². The first-order valence-corrected chi connectivity index (χ1v) is 6.57. The van der Waals surface area contributed by atoms with Crippen LogP contribution < -0.4 is 10.1 Å². The summed E-state index contributed by atoms with van der Waals surface area (Å²) in [6.07, 6.45) is 0.0464. The topological polar surface area (TPSA) is 51.2 Å². The van der Waals surface area contributed by atoms with Gasteiger partial charge in [-0.25, -0.2) is 4.98 Å². The number of para-hydroxylation sites is 2. The first-order valence-electron chi connectivity index (χ1n) is 6.57. The van der Waals surface area contributed by atoms with Crippen LogP contribution in [-0.4, -0.2) is 17.0 Å². The summed E-state index contributed by atoms with van der Waals surface area (Å²) in [5.41, 5.74) is 1.85. The van der Waals surface area contributed by atoms with Gasteiger partial charge in [-0.15, -0.1) is 0 Å². The Morgan fingerprint density at radius 1 is 1.15 bits per heavy atom. The van der Waals surface area contributed by atoms with Gasteiger partial charge >= 0.3 is 0 Å². The average Bonchev–Trinajstić information content (AvgIpc) is 2.40. The number of rotatable bonds is 4. The highest BCUT2D eigenvalue weighted by atomic mass is 16.5. The third kappa shape index (κ3) is 3.57. The number of nitrogens with zero attached hydrogens (tertiary/aromatic N) is 1. The number of aromatic nitrogens is 1. The van der Waals surface area contributed by atoms with Gasteiger partial charge in [-0.3, -0.25) is 4.79 Å². The molecule has 0 fully saturated rings. The largest absolute Gasteiger partial charge is 0.489 e. The van der Waals surface area contributed by atoms with Crippen molar-refractivity contribution in [3.8, 4) is 5.75 Å². The molecule has 2 rings (SSSR count). The van der Waals surface area contributed by atoms with E-state index in [2.05, 4.69) is 10.3 Å². The van der Waals surface area contributed by atoms with Gasteiger partial charge in [-0.1, -0.05) is 18.2 Å². The fourth-order valence-electron chi connectivity index (χ4n) is 1.78. The number of aryl methyl sites for hydroxylation is 1. The minimum Gasteiger partial charge on any atom is -0.489 e. The molecule has 0 spiro atoms. The van der Waals surface area contributed by atoms with Gasteiger partial charge < -0.3 is 10.1 Å². The number of benzene rings is 1. The maximum atomic E-state index is 12.2. The molecule has 0 aliphatic rings.